The molecule has 0 amide bonds. The third-order valence-corrected chi connectivity index (χ3v) is 4.19. The second-order valence-electron chi connectivity index (χ2n) is 6.12. The highest BCUT2D eigenvalue weighted by atomic mass is 19.4. The first-order valence-corrected chi connectivity index (χ1v) is 8.27. The Bertz CT molecular complexity index is 577. The van der Waals surface area contributed by atoms with Gasteiger partial charge in [0.1, 0.15) is 5.75 Å². The van der Waals surface area contributed by atoms with Crippen molar-refractivity contribution in [3.8, 4) is 5.75 Å². The third kappa shape index (κ3) is 6.45. The van der Waals surface area contributed by atoms with Crippen LogP contribution in [0.5, 0.6) is 5.75 Å². The number of nitrogens with one attached hydrogen (secondary N) is 2. The van der Waals surface area contributed by atoms with Gasteiger partial charge in [0.05, 0.1) is 13.7 Å². The number of nitrogens with zero attached hydrogens (tertiary/aromatic N) is 2. The summed E-state index contributed by atoms with van der Waals surface area (Å²) in [7, 11) is 3.29. The van der Waals surface area contributed by atoms with Crippen molar-refractivity contribution < 1.29 is 17.9 Å². The van der Waals surface area contributed by atoms with Crippen LogP contribution in [0, 0.1) is 5.92 Å². The Kier molecular flexibility index (Phi) is 6.92. The molecular weight excluding hydrogens is 333 g/mol. The Morgan fingerprint density at radius 2 is 2.08 bits per heavy atom. The number of hydrogen-bond donors (Lipinski definition) is 2. The van der Waals surface area contributed by atoms with E-state index < -0.39 is 12.7 Å². The number of rotatable bonds is 6. The van der Waals surface area contributed by atoms with E-state index in [9.17, 15) is 13.2 Å². The van der Waals surface area contributed by atoms with E-state index in [-0.39, 0.29) is 5.92 Å². The molecule has 25 heavy (non-hydrogen) atoms. The van der Waals surface area contributed by atoms with Crippen molar-refractivity contribution in [2.75, 3.05) is 40.3 Å². The normalized spacial score (nSPS) is 19.1. The lowest BCUT2D eigenvalue weighted by atomic mass is 10.1. The molecule has 1 aromatic rings. The van der Waals surface area contributed by atoms with Gasteiger partial charge in [-0.1, -0.05) is 18.2 Å². The summed E-state index contributed by atoms with van der Waals surface area (Å²) in [6.07, 6.45) is -3.37. The summed E-state index contributed by atoms with van der Waals surface area (Å²) in [6, 6.07) is 7.69. The van der Waals surface area contributed by atoms with Crippen molar-refractivity contribution in [2.45, 2.75) is 19.1 Å². The van der Waals surface area contributed by atoms with Crippen LogP contribution in [-0.2, 0) is 6.54 Å². The number of halogens is 3. The Balaban J connectivity index is 1.76. The molecular formula is C17H25F3N4O. The van der Waals surface area contributed by atoms with Gasteiger partial charge in [-0.15, -0.1) is 0 Å². The van der Waals surface area contributed by atoms with Crippen molar-refractivity contribution in [2.24, 2.45) is 10.9 Å². The second kappa shape index (κ2) is 8.94. The third-order valence-electron chi connectivity index (χ3n) is 4.19. The maximum absolute atomic E-state index is 12.4. The standard InChI is InChI=1S/C17H25F3N4O/c1-21-16(23-10-14-5-3-4-6-15(14)25-2)22-9-13-7-8-24(11-13)12-17(18,19)20/h3-6,13H,7-12H2,1-2H3,(H2,21,22,23). The van der Waals surface area contributed by atoms with Crippen LogP contribution in [0.4, 0.5) is 13.2 Å². The smallest absolute Gasteiger partial charge is 0.401 e. The molecule has 1 aromatic carbocycles. The number of ether oxygens (including phenoxy) is 1. The fourth-order valence-corrected chi connectivity index (χ4v) is 2.97. The molecule has 1 unspecified atom stereocenters. The van der Waals surface area contributed by atoms with Crippen LogP contribution in [0.25, 0.3) is 0 Å². The molecule has 0 radical (unpaired) electrons. The summed E-state index contributed by atoms with van der Waals surface area (Å²) in [5, 5.41) is 6.39. The summed E-state index contributed by atoms with van der Waals surface area (Å²) < 4.78 is 42.6. The molecule has 0 aliphatic carbocycles. The number of hydrogen-bond acceptors (Lipinski definition) is 3. The molecule has 0 bridgehead atoms. The van der Waals surface area contributed by atoms with Crippen LogP contribution in [-0.4, -0.2) is 57.4 Å². The van der Waals surface area contributed by atoms with Gasteiger partial charge in [-0.25, -0.2) is 0 Å². The predicted molar refractivity (Wildman–Crippen MR) is 91.8 cm³/mol. The highest BCUT2D eigenvalue weighted by Crippen LogP contribution is 2.22. The summed E-state index contributed by atoms with van der Waals surface area (Å²) in [5.41, 5.74) is 1.00. The molecule has 1 aliphatic heterocycles. The van der Waals surface area contributed by atoms with Gasteiger partial charge in [-0.2, -0.15) is 13.2 Å². The minimum absolute atomic E-state index is 0.187. The summed E-state index contributed by atoms with van der Waals surface area (Å²) in [6.45, 7) is 1.26. The minimum Gasteiger partial charge on any atom is -0.496 e. The molecule has 2 rings (SSSR count). The van der Waals surface area contributed by atoms with Crippen LogP contribution in [0.15, 0.2) is 29.3 Å². The van der Waals surface area contributed by atoms with E-state index in [4.69, 9.17) is 4.74 Å². The van der Waals surface area contributed by atoms with Crippen molar-refractivity contribution in [1.82, 2.24) is 15.5 Å². The number of alkyl halides is 3. The van der Waals surface area contributed by atoms with E-state index in [1.54, 1.807) is 14.2 Å². The number of benzene rings is 1. The molecule has 140 valence electrons. The van der Waals surface area contributed by atoms with Gasteiger partial charge in [-0.05, 0) is 24.9 Å². The number of guanidine groups is 1. The summed E-state index contributed by atoms with van der Waals surface area (Å²) >= 11 is 0. The molecule has 5 nitrogen and oxygen atoms in total. The zero-order valence-electron chi connectivity index (χ0n) is 14.6. The van der Waals surface area contributed by atoms with Crippen LogP contribution in [0.3, 0.4) is 0 Å². The van der Waals surface area contributed by atoms with E-state index in [0.717, 1.165) is 17.7 Å². The molecule has 0 saturated carbocycles. The monoisotopic (exact) mass is 358 g/mol. The van der Waals surface area contributed by atoms with Gasteiger partial charge in [-0.3, -0.25) is 9.89 Å². The lowest BCUT2D eigenvalue weighted by Gasteiger charge is -2.19. The number of likely N-dealkylation sites (tertiary alicyclic amines) is 1. The highest BCUT2D eigenvalue weighted by molar-refractivity contribution is 5.79. The number of aliphatic imine (C=N–C) groups is 1. The molecule has 0 spiro atoms. The first-order valence-electron chi connectivity index (χ1n) is 8.27. The zero-order chi connectivity index (χ0) is 18.3. The maximum atomic E-state index is 12.4. The predicted octanol–water partition coefficient (Wildman–Crippen LogP) is 2.24. The topological polar surface area (TPSA) is 48.9 Å². The van der Waals surface area contributed by atoms with Crippen molar-refractivity contribution in [1.29, 1.82) is 0 Å². The van der Waals surface area contributed by atoms with Gasteiger partial charge >= 0.3 is 6.18 Å². The lowest BCUT2D eigenvalue weighted by molar-refractivity contribution is -0.143. The molecule has 1 atom stereocenters. The van der Waals surface area contributed by atoms with E-state index in [2.05, 4.69) is 15.6 Å². The average Bonchev–Trinajstić information content (AvgIpc) is 3.00. The summed E-state index contributed by atoms with van der Waals surface area (Å²) in [5.74, 6) is 1.61. The van der Waals surface area contributed by atoms with E-state index in [1.165, 1.54) is 4.90 Å². The van der Waals surface area contributed by atoms with Crippen molar-refractivity contribution in [3.05, 3.63) is 29.8 Å². The van der Waals surface area contributed by atoms with Crippen LogP contribution >= 0.6 is 0 Å². The molecule has 8 heteroatoms. The second-order valence-corrected chi connectivity index (χ2v) is 6.12. The number of para-hydroxylation sites is 1. The van der Waals surface area contributed by atoms with Gasteiger partial charge in [0.25, 0.3) is 0 Å². The maximum Gasteiger partial charge on any atom is 0.401 e. The lowest BCUT2D eigenvalue weighted by Crippen LogP contribution is -2.40. The Labute approximate surface area is 146 Å². The molecule has 1 saturated heterocycles. The Morgan fingerprint density at radius 1 is 1.32 bits per heavy atom. The van der Waals surface area contributed by atoms with E-state index in [1.807, 2.05) is 24.3 Å². The van der Waals surface area contributed by atoms with Crippen LogP contribution < -0.4 is 15.4 Å². The average molecular weight is 358 g/mol. The van der Waals surface area contributed by atoms with Gasteiger partial charge < -0.3 is 15.4 Å². The molecule has 0 aromatic heterocycles. The molecule has 2 N–H and O–H groups in total. The summed E-state index contributed by atoms with van der Waals surface area (Å²) in [4.78, 5) is 5.61. The van der Waals surface area contributed by atoms with Crippen LogP contribution in [0.2, 0.25) is 0 Å². The first kappa shape index (κ1) is 19.4. The SMILES string of the molecule is CN=C(NCc1ccccc1OC)NCC1CCN(CC(F)(F)F)C1. The fourth-order valence-electron chi connectivity index (χ4n) is 2.97. The Morgan fingerprint density at radius 3 is 2.76 bits per heavy atom. The fraction of sp³-hybridized carbons (Fsp3) is 0.588. The minimum atomic E-state index is -4.13. The quantitative estimate of drug-likeness (QED) is 0.605. The van der Waals surface area contributed by atoms with E-state index in [0.29, 0.717) is 32.1 Å². The van der Waals surface area contributed by atoms with Crippen molar-refractivity contribution >= 4 is 5.96 Å². The van der Waals surface area contributed by atoms with Crippen molar-refractivity contribution in [3.63, 3.8) is 0 Å². The first-order chi connectivity index (χ1) is 11.9. The Hall–Kier alpha value is -1.96. The molecule has 1 heterocycles. The molecule has 1 fully saturated rings. The molecule has 1 aliphatic rings. The van der Waals surface area contributed by atoms with Gasteiger partial charge in [0.2, 0.25) is 0 Å². The van der Waals surface area contributed by atoms with E-state index >= 15 is 0 Å². The van der Waals surface area contributed by atoms with Gasteiger partial charge in [0, 0.05) is 32.2 Å². The highest BCUT2D eigenvalue weighted by Gasteiger charge is 2.34. The number of methoxy groups -OCH3 is 1. The van der Waals surface area contributed by atoms with Crippen LogP contribution in [0.1, 0.15) is 12.0 Å². The largest absolute Gasteiger partial charge is 0.496 e. The zero-order valence-corrected chi connectivity index (χ0v) is 14.6. The van der Waals surface area contributed by atoms with Gasteiger partial charge in [0.15, 0.2) is 5.96 Å².